The summed E-state index contributed by atoms with van der Waals surface area (Å²) in [5, 5.41) is 13.8. The van der Waals surface area contributed by atoms with Crippen molar-refractivity contribution in [1.82, 2.24) is 5.32 Å². The summed E-state index contributed by atoms with van der Waals surface area (Å²) < 4.78 is 6.93. The number of non-ortho nitro benzene ring substituents is 1. The summed E-state index contributed by atoms with van der Waals surface area (Å²) in [5.74, 6) is 0.782. The Kier molecular flexibility index (Phi) is 4.73. The van der Waals surface area contributed by atoms with Crippen molar-refractivity contribution >= 4 is 37.5 Å². The third-order valence-corrected chi connectivity index (χ3v) is 4.16. The molecule has 2 aromatic rings. The first kappa shape index (κ1) is 14.2. The first-order valence-electron chi connectivity index (χ1n) is 5.44. The van der Waals surface area contributed by atoms with Crippen LogP contribution in [0.25, 0.3) is 0 Å². The highest BCUT2D eigenvalue weighted by Crippen LogP contribution is 2.26. The van der Waals surface area contributed by atoms with E-state index in [0.717, 1.165) is 15.8 Å². The second-order valence-corrected chi connectivity index (χ2v) is 5.44. The van der Waals surface area contributed by atoms with E-state index in [4.69, 9.17) is 4.42 Å². The summed E-state index contributed by atoms with van der Waals surface area (Å²) in [6, 6.07) is 8.42. The smallest absolute Gasteiger partial charge is 0.269 e. The van der Waals surface area contributed by atoms with Crippen LogP contribution in [-0.4, -0.2) is 4.92 Å². The molecule has 0 radical (unpaired) electrons. The fraction of sp³-hybridized carbons (Fsp3) is 0.167. The van der Waals surface area contributed by atoms with E-state index in [-0.39, 0.29) is 5.69 Å². The Bertz CT molecular complexity index is 579. The van der Waals surface area contributed by atoms with Crippen LogP contribution in [0.15, 0.2) is 43.9 Å². The van der Waals surface area contributed by atoms with Gasteiger partial charge in [-0.25, -0.2) is 0 Å². The van der Waals surface area contributed by atoms with Crippen molar-refractivity contribution < 1.29 is 9.34 Å². The van der Waals surface area contributed by atoms with E-state index in [1.807, 2.05) is 12.1 Å². The van der Waals surface area contributed by atoms with Gasteiger partial charge in [0.25, 0.3) is 5.69 Å². The molecule has 7 heteroatoms. The van der Waals surface area contributed by atoms with Crippen LogP contribution in [0.3, 0.4) is 0 Å². The van der Waals surface area contributed by atoms with E-state index in [9.17, 15) is 10.1 Å². The van der Waals surface area contributed by atoms with Gasteiger partial charge in [-0.1, -0.05) is 12.1 Å². The minimum absolute atomic E-state index is 0.0998. The highest BCUT2D eigenvalue weighted by atomic mass is 79.9. The van der Waals surface area contributed by atoms with Gasteiger partial charge in [-0.05, 0) is 43.5 Å². The van der Waals surface area contributed by atoms with Crippen molar-refractivity contribution in [3.63, 3.8) is 0 Å². The van der Waals surface area contributed by atoms with Gasteiger partial charge < -0.3 is 9.73 Å². The van der Waals surface area contributed by atoms with Crippen LogP contribution in [-0.2, 0) is 13.1 Å². The molecular formula is C12H10Br2N2O3. The highest BCUT2D eigenvalue weighted by Gasteiger charge is 2.07. The number of rotatable bonds is 5. The Labute approximate surface area is 126 Å². The fourth-order valence-electron chi connectivity index (χ4n) is 1.59. The molecule has 0 bridgehead atoms. The van der Waals surface area contributed by atoms with Gasteiger partial charge in [0, 0.05) is 18.7 Å². The lowest BCUT2D eigenvalue weighted by atomic mass is 10.2. The van der Waals surface area contributed by atoms with Gasteiger partial charge in [-0.15, -0.1) is 0 Å². The summed E-state index contributed by atoms with van der Waals surface area (Å²) in [5.41, 5.74) is 0.960. The lowest BCUT2D eigenvalue weighted by Crippen LogP contribution is -2.12. The zero-order valence-electron chi connectivity index (χ0n) is 9.73. The number of furan rings is 1. The fourth-order valence-corrected chi connectivity index (χ4v) is 2.25. The maximum atomic E-state index is 10.6. The standard InChI is InChI=1S/C12H10Br2N2O3/c13-11-5-10(19-12(11)14)7-15-6-8-2-1-3-9(4-8)16(17)18/h1-5,15H,6-7H2. The van der Waals surface area contributed by atoms with E-state index in [1.165, 1.54) is 6.07 Å². The van der Waals surface area contributed by atoms with Crippen molar-refractivity contribution in [1.29, 1.82) is 0 Å². The van der Waals surface area contributed by atoms with E-state index < -0.39 is 4.92 Å². The van der Waals surface area contributed by atoms with Gasteiger partial charge in [0.2, 0.25) is 0 Å². The predicted octanol–water partition coefficient (Wildman–Crippen LogP) is 4.00. The van der Waals surface area contributed by atoms with Gasteiger partial charge in [0.05, 0.1) is 15.9 Å². The number of nitro groups is 1. The Morgan fingerprint density at radius 3 is 2.68 bits per heavy atom. The van der Waals surface area contributed by atoms with Gasteiger partial charge >= 0.3 is 0 Å². The van der Waals surface area contributed by atoms with Crippen LogP contribution in [0.5, 0.6) is 0 Å². The third kappa shape index (κ3) is 3.89. The molecule has 1 heterocycles. The quantitative estimate of drug-likeness (QED) is 0.619. The van der Waals surface area contributed by atoms with Crippen molar-refractivity contribution in [2.24, 2.45) is 0 Å². The van der Waals surface area contributed by atoms with Crippen molar-refractivity contribution in [2.45, 2.75) is 13.1 Å². The van der Waals surface area contributed by atoms with E-state index in [1.54, 1.807) is 12.1 Å². The molecule has 5 nitrogen and oxygen atoms in total. The molecule has 1 aromatic carbocycles. The summed E-state index contributed by atoms with van der Waals surface area (Å²) in [6.07, 6.45) is 0. The van der Waals surface area contributed by atoms with Crippen LogP contribution >= 0.6 is 31.9 Å². The number of nitrogens with zero attached hydrogens (tertiary/aromatic N) is 1. The molecule has 0 saturated heterocycles. The molecule has 100 valence electrons. The second-order valence-electron chi connectivity index (χ2n) is 3.86. The largest absolute Gasteiger partial charge is 0.452 e. The first-order valence-corrected chi connectivity index (χ1v) is 7.02. The zero-order valence-corrected chi connectivity index (χ0v) is 12.9. The van der Waals surface area contributed by atoms with Crippen molar-refractivity contribution in [3.05, 3.63) is 60.9 Å². The molecule has 0 aliphatic heterocycles. The lowest BCUT2D eigenvalue weighted by molar-refractivity contribution is -0.384. The van der Waals surface area contributed by atoms with Crippen LogP contribution < -0.4 is 5.32 Å². The number of hydrogen-bond donors (Lipinski definition) is 1. The van der Waals surface area contributed by atoms with Crippen molar-refractivity contribution in [2.75, 3.05) is 0 Å². The van der Waals surface area contributed by atoms with Gasteiger partial charge in [-0.3, -0.25) is 10.1 Å². The first-order chi connectivity index (χ1) is 9.06. The zero-order chi connectivity index (χ0) is 13.8. The molecule has 0 saturated carbocycles. The Hall–Kier alpha value is -1.18. The van der Waals surface area contributed by atoms with Crippen molar-refractivity contribution in [3.8, 4) is 0 Å². The molecule has 0 aliphatic carbocycles. The molecule has 1 aromatic heterocycles. The molecule has 19 heavy (non-hydrogen) atoms. The second kappa shape index (κ2) is 6.31. The summed E-state index contributed by atoms with van der Waals surface area (Å²) >= 11 is 6.60. The average molecular weight is 390 g/mol. The maximum Gasteiger partial charge on any atom is 0.269 e. The molecule has 2 rings (SSSR count). The topological polar surface area (TPSA) is 68.3 Å². The van der Waals surface area contributed by atoms with Crippen LogP contribution in [0.1, 0.15) is 11.3 Å². The summed E-state index contributed by atoms with van der Waals surface area (Å²) in [4.78, 5) is 10.2. The third-order valence-electron chi connectivity index (χ3n) is 2.45. The molecule has 1 N–H and O–H groups in total. The van der Waals surface area contributed by atoms with Crippen LogP contribution in [0.2, 0.25) is 0 Å². The number of nitro benzene ring substituents is 1. The van der Waals surface area contributed by atoms with Gasteiger partial charge in [0.15, 0.2) is 4.67 Å². The molecular weight excluding hydrogens is 380 g/mol. The Morgan fingerprint density at radius 2 is 2.05 bits per heavy atom. The summed E-state index contributed by atoms with van der Waals surface area (Å²) in [7, 11) is 0. The normalized spacial score (nSPS) is 10.6. The molecule has 0 unspecified atom stereocenters. The van der Waals surface area contributed by atoms with Crippen LogP contribution in [0, 0.1) is 10.1 Å². The van der Waals surface area contributed by atoms with E-state index in [2.05, 4.69) is 37.2 Å². The average Bonchev–Trinajstić information content (AvgIpc) is 2.69. The highest BCUT2D eigenvalue weighted by molar-refractivity contribution is 9.13. The molecule has 0 atom stereocenters. The minimum atomic E-state index is -0.399. The maximum absolute atomic E-state index is 10.6. The number of nitrogens with one attached hydrogen (secondary N) is 1. The molecule has 0 fully saturated rings. The number of hydrogen-bond acceptors (Lipinski definition) is 4. The number of benzene rings is 1. The SMILES string of the molecule is O=[N+]([O-])c1cccc(CNCc2cc(Br)c(Br)o2)c1. The molecule has 0 amide bonds. The van der Waals surface area contributed by atoms with E-state index in [0.29, 0.717) is 17.8 Å². The number of halogens is 2. The molecule has 0 aliphatic rings. The Balaban J connectivity index is 1.92. The molecule has 0 spiro atoms. The summed E-state index contributed by atoms with van der Waals surface area (Å²) in [6.45, 7) is 1.09. The predicted molar refractivity (Wildman–Crippen MR) is 77.7 cm³/mol. The minimum Gasteiger partial charge on any atom is -0.452 e. The van der Waals surface area contributed by atoms with E-state index >= 15 is 0 Å². The van der Waals surface area contributed by atoms with Crippen LogP contribution in [0.4, 0.5) is 5.69 Å². The van der Waals surface area contributed by atoms with Gasteiger partial charge in [0.1, 0.15) is 5.76 Å². The monoisotopic (exact) mass is 388 g/mol. The Morgan fingerprint density at radius 1 is 1.26 bits per heavy atom. The lowest BCUT2D eigenvalue weighted by Gasteiger charge is -2.02. The van der Waals surface area contributed by atoms with Gasteiger partial charge in [-0.2, -0.15) is 0 Å².